The summed E-state index contributed by atoms with van der Waals surface area (Å²) in [6, 6.07) is 12.4. The standard InChI is InChI=1S/C24H25ClF2N4O5S/c1-37(35,36)30-13-19(22(33)28-16-4-2-15(25)3-5-16)20(14-30)23(34)29-17-6-8-18(9-7-17)31-11-10-24(26,27)12-21(31)32/h2-9,19-20H,10-14H2,1H3,(H,28,33)(H,29,34)/t19-,20-/m0/s1. The van der Waals surface area contributed by atoms with Crippen molar-refractivity contribution < 1.29 is 31.6 Å². The Morgan fingerprint density at radius 3 is 1.89 bits per heavy atom. The van der Waals surface area contributed by atoms with E-state index in [1.165, 1.54) is 29.2 Å². The molecule has 3 amide bonds. The normalized spacial score (nSPS) is 22.1. The molecule has 2 fully saturated rings. The van der Waals surface area contributed by atoms with E-state index in [1.807, 2.05) is 0 Å². The molecule has 2 atom stereocenters. The predicted molar refractivity (Wildman–Crippen MR) is 135 cm³/mol. The molecule has 2 aromatic rings. The Kier molecular flexibility index (Phi) is 7.54. The third-order valence-corrected chi connectivity index (χ3v) is 7.89. The maximum absolute atomic E-state index is 13.5. The van der Waals surface area contributed by atoms with Crippen LogP contribution < -0.4 is 15.5 Å². The molecule has 4 rings (SSSR count). The number of hydrogen-bond donors (Lipinski definition) is 2. The van der Waals surface area contributed by atoms with Crippen LogP contribution in [0.5, 0.6) is 0 Å². The van der Waals surface area contributed by atoms with Gasteiger partial charge in [0.05, 0.1) is 24.5 Å². The van der Waals surface area contributed by atoms with E-state index in [2.05, 4.69) is 10.6 Å². The van der Waals surface area contributed by atoms with Crippen molar-refractivity contribution in [3.63, 3.8) is 0 Å². The molecule has 198 valence electrons. The van der Waals surface area contributed by atoms with E-state index >= 15 is 0 Å². The third-order valence-electron chi connectivity index (χ3n) is 6.40. The summed E-state index contributed by atoms with van der Waals surface area (Å²) in [6.45, 7) is -0.444. The Balaban J connectivity index is 1.46. The summed E-state index contributed by atoms with van der Waals surface area (Å²) < 4.78 is 52.3. The van der Waals surface area contributed by atoms with Crippen molar-refractivity contribution in [2.24, 2.45) is 11.8 Å². The van der Waals surface area contributed by atoms with Gasteiger partial charge in [0.25, 0.3) is 5.92 Å². The number of nitrogens with one attached hydrogen (secondary N) is 2. The summed E-state index contributed by atoms with van der Waals surface area (Å²) in [5, 5.41) is 5.86. The molecule has 0 aliphatic carbocycles. The van der Waals surface area contributed by atoms with Crippen LogP contribution in [0.1, 0.15) is 12.8 Å². The zero-order valence-electron chi connectivity index (χ0n) is 19.8. The maximum atomic E-state index is 13.5. The number of halogens is 3. The zero-order chi connectivity index (χ0) is 27.0. The third kappa shape index (κ3) is 6.43. The molecular formula is C24H25ClF2N4O5S. The first-order chi connectivity index (χ1) is 17.3. The summed E-state index contributed by atoms with van der Waals surface area (Å²) in [4.78, 5) is 39.5. The van der Waals surface area contributed by atoms with Crippen molar-refractivity contribution in [1.82, 2.24) is 4.31 Å². The largest absolute Gasteiger partial charge is 0.326 e. The number of anilines is 3. The van der Waals surface area contributed by atoms with Gasteiger partial charge in [0.2, 0.25) is 27.7 Å². The predicted octanol–water partition coefficient (Wildman–Crippen LogP) is 3.19. The number of amides is 3. The van der Waals surface area contributed by atoms with Crippen LogP contribution in [-0.4, -0.2) is 62.3 Å². The lowest BCUT2D eigenvalue weighted by Crippen LogP contribution is -2.43. The lowest BCUT2D eigenvalue weighted by atomic mass is 9.94. The second-order valence-corrected chi connectivity index (χ2v) is 11.6. The van der Waals surface area contributed by atoms with Gasteiger partial charge in [-0.1, -0.05) is 11.6 Å². The summed E-state index contributed by atoms with van der Waals surface area (Å²) >= 11 is 5.87. The molecule has 0 bridgehead atoms. The summed E-state index contributed by atoms with van der Waals surface area (Å²) in [7, 11) is -3.65. The Hall–Kier alpha value is -3.09. The first kappa shape index (κ1) is 27.0. The van der Waals surface area contributed by atoms with Crippen LogP contribution in [0.3, 0.4) is 0 Å². The molecular weight excluding hydrogens is 530 g/mol. The van der Waals surface area contributed by atoms with E-state index < -0.39 is 58.3 Å². The van der Waals surface area contributed by atoms with Gasteiger partial charge in [0, 0.05) is 48.1 Å². The van der Waals surface area contributed by atoms with Crippen LogP contribution in [0.25, 0.3) is 0 Å². The Labute approximate surface area is 217 Å². The van der Waals surface area contributed by atoms with Gasteiger partial charge in [-0.15, -0.1) is 0 Å². The number of sulfonamides is 1. The van der Waals surface area contributed by atoms with Crippen LogP contribution in [0, 0.1) is 11.8 Å². The highest BCUT2D eigenvalue weighted by Crippen LogP contribution is 2.32. The first-order valence-corrected chi connectivity index (χ1v) is 13.7. The van der Waals surface area contributed by atoms with Crippen molar-refractivity contribution >= 4 is 56.4 Å². The molecule has 13 heteroatoms. The molecule has 2 aliphatic heterocycles. The van der Waals surface area contributed by atoms with Gasteiger partial charge < -0.3 is 15.5 Å². The second kappa shape index (κ2) is 10.3. The van der Waals surface area contributed by atoms with Crippen LogP contribution in [0.4, 0.5) is 25.8 Å². The number of hydrogen-bond acceptors (Lipinski definition) is 5. The number of rotatable bonds is 6. The average Bonchev–Trinajstić information content (AvgIpc) is 3.27. The number of piperidine rings is 1. The quantitative estimate of drug-likeness (QED) is 0.569. The fourth-order valence-corrected chi connectivity index (χ4v) is 5.36. The molecule has 0 aromatic heterocycles. The van der Waals surface area contributed by atoms with Crippen LogP contribution in [0.15, 0.2) is 48.5 Å². The molecule has 2 N–H and O–H groups in total. The molecule has 2 aliphatic rings. The van der Waals surface area contributed by atoms with Crippen molar-refractivity contribution in [1.29, 1.82) is 0 Å². The van der Waals surface area contributed by atoms with Gasteiger partial charge in [-0.3, -0.25) is 14.4 Å². The Morgan fingerprint density at radius 1 is 0.946 bits per heavy atom. The van der Waals surface area contributed by atoms with E-state index in [1.54, 1.807) is 24.3 Å². The van der Waals surface area contributed by atoms with Gasteiger partial charge in [-0.05, 0) is 48.5 Å². The number of carbonyl (C=O) groups excluding carboxylic acids is 3. The topological polar surface area (TPSA) is 116 Å². The van der Waals surface area contributed by atoms with E-state index in [4.69, 9.17) is 11.6 Å². The number of nitrogens with zero attached hydrogens (tertiary/aromatic N) is 2. The molecule has 37 heavy (non-hydrogen) atoms. The highest BCUT2D eigenvalue weighted by atomic mass is 35.5. The SMILES string of the molecule is CS(=O)(=O)N1C[C@H](C(=O)Nc2ccc(Cl)cc2)[C@@H](C(=O)Nc2ccc(N3CCC(F)(F)CC3=O)cc2)C1. The molecule has 0 radical (unpaired) electrons. The van der Waals surface area contributed by atoms with Gasteiger partial charge >= 0.3 is 0 Å². The molecule has 2 aromatic carbocycles. The van der Waals surface area contributed by atoms with Crippen molar-refractivity contribution in [3.05, 3.63) is 53.6 Å². The monoisotopic (exact) mass is 554 g/mol. The Bertz CT molecular complexity index is 1310. The van der Waals surface area contributed by atoms with Crippen molar-refractivity contribution in [3.8, 4) is 0 Å². The van der Waals surface area contributed by atoms with Crippen LogP contribution in [-0.2, 0) is 24.4 Å². The van der Waals surface area contributed by atoms with E-state index in [0.717, 1.165) is 10.6 Å². The minimum Gasteiger partial charge on any atom is -0.326 e. The fourth-order valence-electron chi connectivity index (χ4n) is 4.38. The maximum Gasteiger partial charge on any atom is 0.258 e. The van der Waals surface area contributed by atoms with Gasteiger partial charge in [0.15, 0.2) is 0 Å². The average molecular weight is 555 g/mol. The minimum absolute atomic E-state index is 0.120. The highest BCUT2D eigenvalue weighted by Gasteiger charge is 2.45. The molecule has 0 unspecified atom stereocenters. The summed E-state index contributed by atoms with van der Waals surface area (Å²) in [5.74, 6) is -6.67. The fraction of sp³-hybridized carbons (Fsp3) is 0.375. The van der Waals surface area contributed by atoms with Crippen LogP contribution >= 0.6 is 11.6 Å². The molecule has 0 spiro atoms. The number of carbonyl (C=O) groups is 3. The molecule has 2 heterocycles. The number of alkyl halides is 2. The van der Waals surface area contributed by atoms with Gasteiger partial charge in [-0.2, -0.15) is 0 Å². The first-order valence-electron chi connectivity index (χ1n) is 11.4. The molecule has 2 saturated heterocycles. The smallest absolute Gasteiger partial charge is 0.258 e. The van der Waals surface area contributed by atoms with Gasteiger partial charge in [0.1, 0.15) is 0 Å². The van der Waals surface area contributed by atoms with E-state index in [-0.39, 0.29) is 19.6 Å². The van der Waals surface area contributed by atoms with Crippen molar-refractivity contribution in [2.75, 3.05) is 41.4 Å². The van der Waals surface area contributed by atoms with E-state index in [0.29, 0.717) is 22.1 Å². The lowest BCUT2D eigenvalue weighted by molar-refractivity contribution is -0.129. The summed E-state index contributed by atoms with van der Waals surface area (Å²) in [5.41, 5.74) is 1.22. The zero-order valence-corrected chi connectivity index (χ0v) is 21.4. The highest BCUT2D eigenvalue weighted by molar-refractivity contribution is 7.88. The lowest BCUT2D eigenvalue weighted by Gasteiger charge is -2.31. The molecule has 9 nitrogen and oxygen atoms in total. The van der Waals surface area contributed by atoms with Crippen LogP contribution in [0.2, 0.25) is 5.02 Å². The number of benzene rings is 2. The van der Waals surface area contributed by atoms with E-state index in [9.17, 15) is 31.6 Å². The Morgan fingerprint density at radius 2 is 1.43 bits per heavy atom. The van der Waals surface area contributed by atoms with Crippen molar-refractivity contribution in [2.45, 2.75) is 18.8 Å². The summed E-state index contributed by atoms with van der Waals surface area (Å²) in [6.07, 6.45) is -0.281. The second-order valence-electron chi connectivity index (χ2n) is 9.15. The minimum atomic E-state index is -3.65. The van der Waals surface area contributed by atoms with Gasteiger partial charge in [-0.25, -0.2) is 21.5 Å². The molecule has 0 saturated carbocycles.